The number of carbonyl (C=O) groups excluding carboxylic acids is 1. The Hall–Kier alpha value is -1.03. The molecule has 0 N–H and O–H groups in total. The van der Waals surface area contributed by atoms with Gasteiger partial charge in [0, 0.05) is 12.0 Å². The standard InChI is InChI=1S/C15H16ClF3O/c16-13-7-6-11(15(17,18)19)9-12(13)14(20)8-5-10-3-1-2-4-10/h6-7,9-10H,1-5,8H2. The molecule has 0 aliphatic heterocycles. The van der Waals surface area contributed by atoms with Crippen LogP contribution in [0.1, 0.15) is 54.4 Å². The molecule has 1 saturated carbocycles. The predicted octanol–water partition coefficient (Wildman–Crippen LogP) is 5.51. The van der Waals surface area contributed by atoms with Crippen LogP contribution in [0.4, 0.5) is 13.2 Å². The molecule has 0 spiro atoms. The van der Waals surface area contributed by atoms with Gasteiger partial charge in [-0.15, -0.1) is 0 Å². The molecule has 1 nitrogen and oxygen atoms in total. The molecule has 2 rings (SSSR count). The Morgan fingerprint density at radius 2 is 1.90 bits per heavy atom. The van der Waals surface area contributed by atoms with Crippen LogP contribution in [0.5, 0.6) is 0 Å². The van der Waals surface area contributed by atoms with Crippen LogP contribution < -0.4 is 0 Å². The Kier molecular flexibility index (Phi) is 4.74. The topological polar surface area (TPSA) is 17.1 Å². The van der Waals surface area contributed by atoms with Gasteiger partial charge in [0.2, 0.25) is 0 Å². The molecule has 1 aliphatic carbocycles. The number of hydrogen-bond acceptors (Lipinski definition) is 1. The Balaban J connectivity index is 2.08. The van der Waals surface area contributed by atoms with E-state index < -0.39 is 11.7 Å². The predicted molar refractivity (Wildman–Crippen MR) is 72.0 cm³/mol. The lowest BCUT2D eigenvalue weighted by atomic mass is 9.96. The first-order valence-corrected chi connectivity index (χ1v) is 7.15. The van der Waals surface area contributed by atoms with Crippen LogP contribution in [-0.4, -0.2) is 5.78 Å². The van der Waals surface area contributed by atoms with E-state index in [4.69, 9.17) is 11.6 Å². The van der Waals surface area contributed by atoms with Crippen molar-refractivity contribution >= 4 is 17.4 Å². The zero-order valence-corrected chi connectivity index (χ0v) is 11.7. The fraction of sp³-hybridized carbons (Fsp3) is 0.533. The molecule has 110 valence electrons. The van der Waals surface area contributed by atoms with Crippen LogP contribution in [0.3, 0.4) is 0 Å². The number of ketones is 1. The maximum Gasteiger partial charge on any atom is 0.416 e. The van der Waals surface area contributed by atoms with Crippen LogP contribution in [0.15, 0.2) is 18.2 Å². The second kappa shape index (κ2) is 6.17. The maximum absolute atomic E-state index is 12.6. The van der Waals surface area contributed by atoms with Gasteiger partial charge in [0.05, 0.1) is 10.6 Å². The van der Waals surface area contributed by atoms with Gasteiger partial charge in [-0.2, -0.15) is 13.2 Å². The Morgan fingerprint density at radius 3 is 2.50 bits per heavy atom. The number of rotatable bonds is 4. The number of Topliss-reactive ketones (excluding diaryl/α,β-unsaturated/α-hetero) is 1. The fourth-order valence-electron chi connectivity index (χ4n) is 2.68. The third-order valence-electron chi connectivity index (χ3n) is 3.85. The number of halogens is 4. The Bertz CT molecular complexity index is 490. The molecule has 0 aromatic heterocycles. The minimum Gasteiger partial charge on any atom is -0.294 e. The van der Waals surface area contributed by atoms with Crippen molar-refractivity contribution in [1.29, 1.82) is 0 Å². The summed E-state index contributed by atoms with van der Waals surface area (Å²) < 4.78 is 37.9. The molecule has 0 unspecified atom stereocenters. The molecule has 0 heterocycles. The number of hydrogen-bond donors (Lipinski definition) is 0. The summed E-state index contributed by atoms with van der Waals surface area (Å²) in [6, 6.07) is 2.91. The van der Waals surface area contributed by atoms with Crippen molar-refractivity contribution in [2.24, 2.45) is 5.92 Å². The van der Waals surface area contributed by atoms with Gasteiger partial charge in [-0.05, 0) is 30.5 Å². The first-order valence-electron chi connectivity index (χ1n) is 6.78. The lowest BCUT2D eigenvalue weighted by Gasteiger charge is -2.11. The molecule has 0 saturated heterocycles. The van der Waals surface area contributed by atoms with Gasteiger partial charge in [0.15, 0.2) is 5.78 Å². The van der Waals surface area contributed by atoms with Gasteiger partial charge in [-0.3, -0.25) is 4.79 Å². The van der Waals surface area contributed by atoms with Crippen molar-refractivity contribution in [1.82, 2.24) is 0 Å². The average Bonchev–Trinajstić information content (AvgIpc) is 2.88. The third kappa shape index (κ3) is 3.75. The minimum atomic E-state index is -4.45. The SMILES string of the molecule is O=C(CCC1CCCC1)c1cc(C(F)(F)F)ccc1Cl. The zero-order valence-electron chi connectivity index (χ0n) is 11.0. The van der Waals surface area contributed by atoms with Crippen LogP contribution in [-0.2, 0) is 6.18 Å². The van der Waals surface area contributed by atoms with Crippen LogP contribution in [0.2, 0.25) is 5.02 Å². The highest BCUT2D eigenvalue weighted by molar-refractivity contribution is 6.34. The normalized spacial score (nSPS) is 16.6. The summed E-state index contributed by atoms with van der Waals surface area (Å²) in [6.07, 6.45) is 1.15. The van der Waals surface area contributed by atoms with E-state index in [0.717, 1.165) is 37.5 Å². The highest BCUT2D eigenvalue weighted by Gasteiger charge is 2.31. The van der Waals surface area contributed by atoms with Crippen LogP contribution >= 0.6 is 11.6 Å². The Morgan fingerprint density at radius 1 is 1.25 bits per heavy atom. The van der Waals surface area contributed by atoms with E-state index in [1.165, 1.54) is 12.8 Å². The summed E-state index contributed by atoms with van der Waals surface area (Å²) in [5.41, 5.74) is -0.842. The molecular formula is C15H16ClF3O. The van der Waals surface area contributed by atoms with Crippen LogP contribution in [0.25, 0.3) is 0 Å². The number of alkyl halides is 3. The van der Waals surface area contributed by atoms with Gasteiger partial charge >= 0.3 is 6.18 Å². The molecule has 20 heavy (non-hydrogen) atoms. The van der Waals surface area contributed by atoms with E-state index in [9.17, 15) is 18.0 Å². The van der Waals surface area contributed by atoms with Crippen molar-refractivity contribution in [3.63, 3.8) is 0 Å². The number of carbonyl (C=O) groups is 1. The van der Waals surface area contributed by atoms with E-state index in [-0.39, 0.29) is 22.8 Å². The lowest BCUT2D eigenvalue weighted by Crippen LogP contribution is -2.09. The molecule has 0 atom stereocenters. The first-order chi connectivity index (χ1) is 9.38. The summed E-state index contributed by atoms with van der Waals surface area (Å²) in [5, 5.41) is 0.0921. The van der Waals surface area contributed by atoms with E-state index in [1.54, 1.807) is 0 Å². The van der Waals surface area contributed by atoms with Crippen molar-refractivity contribution in [3.8, 4) is 0 Å². The van der Waals surface area contributed by atoms with Gasteiger partial charge in [0.25, 0.3) is 0 Å². The molecule has 1 aliphatic rings. The molecule has 1 aromatic carbocycles. The van der Waals surface area contributed by atoms with Gasteiger partial charge < -0.3 is 0 Å². The summed E-state index contributed by atoms with van der Waals surface area (Å²) >= 11 is 5.85. The van der Waals surface area contributed by atoms with Crippen LogP contribution in [0, 0.1) is 5.92 Å². The van der Waals surface area contributed by atoms with E-state index in [0.29, 0.717) is 5.92 Å². The van der Waals surface area contributed by atoms with Gasteiger partial charge in [-0.25, -0.2) is 0 Å². The molecule has 1 fully saturated rings. The average molecular weight is 305 g/mol. The molecular weight excluding hydrogens is 289 g/mol. The fourth-order valence-corrected chi connectivity index (χ4v) is 2.91. The minimum absolute atomic E-state index is 0.0144. The quantitative estimate of drug-likeness (QED) is 0.670. The van der Waals surface area contributed by atoms with Crippen molar-refractivity contribution < 1.29 is 18.0 Å². The zero-order chi connectivity index (χ0) is 14.8. The highest BCUT2D eigenvalue weighted by Crippen LogP contribution is 2.33. The molecule has 0 radical (unpaired) electrons. The first kappa shape index (κ1) is 15.4. The monoisotopic (exact) mass is 304 g/mol. The van der Waals surface area contributed by atoms with Gasteiger partial charge in [-0.1, -0.05) is 37.3 Å². The third-order valence-corrected chi connectivity index (χ3v) is 4.18. The highest BCUT2D eigenvalue weighted by atomic mass is 35.5. The Labute approximate surface area is 121 Å². The lowest BCUT2D eigenvalue weighted by molar-refractivity contribution is -0.137. The second-order valence-corrected chi connectivity index (χ2v) is 5.71. The maximum atomic E-state index is 12.6. The molecule has 0 bridgehead atoms. The molecule has 0 amide bonds. The second-order valence-electron chi connectivity index (χ2n) is 5.30. The van der Waals surface area contributed by atoms with Crippen molar-refractivity contribution in [2.45, 2.75) is 44.7 Å². The van der Waals surface area contributed by atoms with Crippen molar-refractivity contribution in [2.75, 3.05) is 0 Å². The smallest absolute Gasteiger partial charge is 0.294 e. The summed E-state index contributed by atoms with van der Waals surface area (Å²) in [7, 11) is 0. The van der Waals surface area contributed by atoms with E-state index in [1.807, 2.05) is 0 Å². The van der Waals surface area contributed by atoms with Crippen molar-refractivity contribution in [3.05, 3.63) is 34.3 Å². The summed E-state index contributed by atoms with van der Waals surface area (Å²) in [6.45, 7) is 0. The molecule has 1 aromatic rings. The van der Waals surface area contributed by atoms with E-state index in [2.05, 4.69) is 0 Å². The van der Waals surface area contributed by atoms with Gasteiger partial charge in [0.1, 0.15) is 0 Å². The summed E-state index contributed by atoms with van der Waals surface area (Å²) in [4.78, 5) is 12.0. The largest absolute Gasteiger partial charge is 0.416 e. The summed E-state index contributed by atoms with van der Waals surface area (Å²) in [5.74, 6) is 0.233. The van der Waals surface area contributed by atoms with E-state index >= 15 is 0 Å². The molecule has 5 heteroatoms. The number of benzene rings is 1.